The molecule has 9 nitrogen and oxygen atoms in total. The van der Waals surface area contributed by atoms with Crippen molar-refractivity contribution in [2.24, 2.45) is 0 Å². The van der Waals surface area contributed by atoms with Crippen molar-refractivity contribution in [1.29, 1.82) is 0 Å². The number of aromatic nitrogens is 3. The Hall–Kier alpha value is -3.49. The minimum Gasteiger partial charge on any atom is -0.351 e. The van der Waals surface area contributed by atoms with Crippen molar-refractivity contribution in [3.05, 3.63) is 71.4 Å². The van der Waals surface area contributed by atoms with Crippen molar-refractivity contribution >= 4 is 42.8 Å². The predicted octanol–water partition coefficient (Wildman–Crippen LogP) is 6.24. The van der Waals surface area contributed by atoms with E-state index in [-0.39, 0.29) is 22.9 Å². The summed E-state index contributed by atoms with van der Waals surface area (Å²) >= 11 is 1.42. The van der Waals surface area contributed by atoms with Gasteiger partial charge in [0.1, 0.15) is 26.4 Å². The second-order valence-corrected chi connectivity index (χ2v) is 15.8. The lowest BCUT2D eigenvalue weighted by Gasteiger charge is -2.28. The van der Waals surface area contributed by atoms with Gasteiger partial charge in [0.25, 0.3) is 10.0 Å². The molecule has 2 heterocycles. The van der Waals surface area contributed by atoms with Crippen LogP contribution in [0.5, 0.6) is 0 Å². The van der Waals surface area contributed by atoms with Crippen LogP contribution in [-0.4, -0.2) is 49.3 Å². The van der Waals surface area contributed by atoms with Gasteiger partial charge in [-0.2, -0.15) is 0 Å². The lowest BCUT2D eigenvalue weighted by Crippen LogP contribution is -2.32. The number of rotatable bonds is 9. The first-order valence-corrected chi connectivity index (χ1v) is 17.9. The van der Waals surface area contributed by atoms with Gasteiger partial charge >= 0.3 is 0 Å². The van der Waals surface area contributed by atoms with Gasteiger partial charge in [-0.15, -0.1) is 11.3 Å². The first kappa shape index (κ1) is 31.0. The van der Waals surface area contributed by atoms with Crippen molar-refractivity contribution in [3.63, 3.8) is 0 Å². The summed E-state index contributed by atoms with van der Waals surface area (Å²) in [5.74, 6) is -1.32. The van der Waals surface area contributed by atoms with Crippen LogP contribution in [0.25, 0.3) is 21.8 Å². The van der Waals surface area contributed by atoms with Crippen molar-refractivity contribution in [2.45, 2.75) is 61.6 Å². The van der Waals surface area contributed by atoms with Crippen LogP contribution in [0.3, 0.4) is 0 Å². The molecule has 1 fully saturated rings. The van der Waals surface area contributed by atoms with Crippen LogP contribution in [0.2, 0.25) is 0 Å². The molecule has 43 heavy (non-hydrogen) atoms. The third-order valence-electron chi connectivity index (χ3n) is 7.25. The fourth-order valence-corrected chi connectivity index (χ4v) is 8.27. The maximum absolute atomic E-state index is 14.9. The molecule has 0 saturated heterocycles. The number of anilines is 2. The summed E-state index contributed by atoms with van der Waals surface area (Å²) in [5, 5.41) is 3.80. The standard InChI is InChI=1S/C29H31F2N5O4S3/c1-17(2)28-35-26(18-8-13-21(30)24(16-18)36-43(39,40)25-7-5-4-6-22(25)31)27(41-28)23-14-15-32-29(34-23)33-19-9-11-20(12-10-19)42(3,37)38/h4-8,13-17,19-20,36H,9-12H2,1-3H3,(H,32,33,34). The molecule has 0 bridgehead atoms. The second-order valence-electron chi connectivity index (χ2n) is 10.8. The Bertz CT molecular complexity index is 1860. The van der Waals surface area contributed by atoms with Gasteiger partial charge in [-0.05, 0) is 62.1 Å². The summed E-state index contributed by atoms with van der Waals surface area (Å²) in [4.78, 5) is 14.0. The molecular weight excluding hydrogens is 617 g/mol. The number of nitrogens with zero attached hydrogens (tertiary/aromatic N) is 3. The predicted molar refractivity (Wildman–Crippen MR) is 164 cm³/mol. The van der Waals surface area contributed by atoms with Crippen LogP contribution in [0.4, 0.5) is 20.4 Å². The second kappa shape index (κ2) is 12.2. The molecule has 5 rings (SSSR count). The number of thiazole rings is 1. The first-order valence-electron chi connectivity index (χ1n) is 13.7. The Balaban J connectivity index is 1.45. The Morgan fingerprint density at radius 2 is 1.65 bits per heavy atom. The molecule has 228 valence electrons. The lowest BCUT2D eigenvalue weighted by atomic mass is 9.95. The Labute approximate surface area is 253 Å². The Kier molecular flexibility index (Phi) is 8.82. The molecule has 14 heteroatoms. The summed E-state index contributed by atoms with van der Waals surface area (Å²) in [5.41, 5.74) is 1.15. The van der Waals surface area contributed by atoms with E-state index in [0.717, 1.165) is 23.2 Å². The molecular formula is C29H31F2N5O4S3. The highest BCUT2D eigenvalue weighted by atomic mass is 32.2. The van der Waals surface area contributed by atoms with Gasteiger partial charge in [-0.1, -0.05) is 26.0 Å². The average Bonchev–Trinajstić information content (AvgIpc) is 3.40. The molecule has 4 aromatic rings. The Morgan fingerprint density at radius 1 is 0.930 bits per heavy atom. The number of nitrogens with one attached hydrogen (secondary N) is 2. The van der Waals surface area contributed by atoms with Crippen LogP contribution in [0.1, 0.15) is 50.5 Å². The van der Waals surface area contributed by atoms with Gasteiger partial charge < -0.3 is 5.32 Å². The third-order valence-corrected chi connectivity index (χ3v) is 11.7. The number of benzene rings is 2. The quantitative estimate of drug-likeness (QED) is 0.218. The first-order chi connectivity index (χ1) is 20.3. The minimum absolute atomic E-state index is 0.0301. The zero-order valence-corrected chi connectivity index (χ0v) is 26.2. The van der Waals surface area contributed by atoms with E-state index in [1.54, 1.807) is 12.3 Å². The number of hydrogen-bond donors (Lipinski definition) is 2. The van der Waals surface area contributed by atoms with Gasteiger partial charge in [-0.3, -0.25) is 4.72 Å². The molecule has 2 aromatic heterocycles. The van der Waals surface area contributed by atoms with Crippen LogP contribution >= 0.6 is 11.3 Å². The maximum atomic E-state index is 14.9. The van der Waals surface area contributed by atoms with Crippen LogP contribution < -0.4 is 10.0 Å². The Morgan fingerprint density at radius 3 is 2.33 bits per heavy atom. The van der Waals surface area contributed by atoms with Crippen molar-refractivity contribution < 1.29 is 25.6 Å². The molecule has 0 radical (unpaired) electrons. The molecule has 0 unspecified atom stereocenters. The molecule has 1 saturated carbocycles. The summed E-state index contributed by atoms with van der Waals surface area (Å²) in [7, 11) is -7.49. The van der Waals surface area contributed by atoms with Crippen LogP contribution in [0, 0.1) is 11.6 Å². The van der Waals surface area contributed by atoms with Gasteiger partial charge in [0.2, 0.25) is 5.95 Å². The zero-order valence-electron chi connectivity index (χ0n) is 23.7. The summed E-state index contributed by atoms with van der Waals surface area (Å²) in [6.45, 7) is 3.98. The van der Waals surface area contributed by atoms with Gasteiger partial charge in [0.05, 0.1) is 32.2 Å². The van der Waals surface area contributed by atoms with Gasteiger partial charge in [0, 0.05) is 30.0 Å². The van der Waals surface area contributed by atoms with Crippen LogP contribution in [-0.2, 0) is 19.9 Å². The molecule has 0 aliphatic heterocycles. The zero-order chi connectivity index (χ0) is 30.9. The van der Waals surface area contributed by atoms with Gasteiger partial charge in [-0.25, -0.2) is 40.6 Å². The van der Waals surface area contributed by atoms with E-state index in [2.05, 4.69) is 15.0 Å². The fraction of sp³-hybridized carbons (Fsp3) is 0.345. The highest BCUT2D eigenvalue weighted by Gasteiger charge is 2.28. The molecule has 0 amide bonds. The molecule has 1 aliphatic rings. The summed E-state index contributed by atoms with van der Waals surface area (Å²) in [6.07, 6.45) is 5.38. The molecule has 1 aliphatic carbocycles. The normalized spacial score (nSPS) is 17.6. The van der Waals surface area contributed by atoms with Crippen molar-refractivity contribution in [2.75, 3.05) is 16.3 Å². The topological polar surface area (TPSA) is 131 Å². The highest BCUT2D eigenvalue weighted by Crippen LogP contribution is 2.40. The number of halogens is 2. The minimum atomic E-state index is -4.41. The van der Waals surface area contributed by atoms with E-state index < -0.39 is 36.4 Å². The molecule has 2 N–H and O–H groups in total. The maximum Gasteiger partial charge on any atom is 0.264 e. The number of sulfone groups is 1. The highest BCUT2D eigenvalue weighted by molar-refractivity contribution is 7.92. The number of hydrogen-bond acceptors (Lipinski definition) is 9. The lowest BCUT2D eigenvalue weighted by molar-refractivity contribution is 0.452. The summed E-state index contributed by atoms with van der Waals surface area (Å²) in [6, 6.07) is 10.6. The average molecular weight is 648 g/mol. The smallest absolute Gasteiger partial charge is 0.264 e. The van der Waals surface area contributed by atoms with E-state index in [1.165, 1.54) is 41.9 Å². The van der Waals surface area contributed by atoms with Crippen molar-refractivity contribution in [1.82, 2.24) is 15.0 Å². The van der Waals surface area contributed by atoms with Crippen molar-refractivity contribution in [3.8, 4) is 21.8 Å². The third kappa shape index (κ3) is 7.02. The van der Waals surface area contributed by atoms with E-state index in [4.69, 9.17) is 9.97 Å². The molecule has 0 spiro atoms. The van der Waals surface area contributed by atoms with Gasteiger partial charge in [0.15, 0.2) is 0 Å². The summed E-state index contributed by atoms with van der Waals surface area (Å²) < 4.78 is 80.9. The van der Waals surface area contributed by atoms with E-state index in [1.807, 2.05) is 13.8 Å². The monoisotopic (exact) mass is 647 g/mol. The van der Waals surface area contributed by atoms with E-state index in [0.29, 0.717) is 53.5 Å². The largest absolute Gasteiger partial charge is 0.351 e. The molecule has 2 aromatic carbocycles. The van der Waals surface area contributed by atoms with Crippen LogP contribution in [0.15, 0.2) is 59.6 Å². The SMILES string of the molecule is CC(C)c1nc(-c2ccc(F)c(NS(=O)(=O)c3ccccc3F)c2)c(-c2ccnc(NC3CCC(S(C)(=O)=O)CC3)n2)s1. The fourth-order valence-electron chi connectivity index (χ4n) is 4.94. The number of sulfonamides is 1. The van der Waals surface area contributed by atoms with E-state index in [9.17, 15) is 25.6 Å². The van der Waals surface area contributed by atoms with E-state index >= 15 is 0 Å². The molecule has 0 atom stereocenters.